The highest BCUT2D eigenvalue weighted by atomic mass is 32.2. The van der Waals surface area contributed by atoms with Crippen molar-refractivity contribution in [1.82, 2.24) is 0 Å². The minimum absolute atomic E-state index is 0.337. The van der Waals surface area contributed by atoms with Crippen LogP contribution in [0.1, 0.15) is 16.9 Å². The second-order valence-electron chi connectivity index (χ2n) is 6.41. The number of nitriles is 1. The summed E-state index contributed by atoms with van der Waals surface area (Å²) in [6, 6.07) is 19.0. The van der Waals surface area contributed by atoms with E-state index in [0.29, 0.717) is 44.6 Å². The molecule has 1 aromatic heterocycles. The summed E-state index contributed by atoms with van der Waals surface area (Å²) in [5.41, 5.74) is 1.84. The molecule has 0 atom stereocenters. The van der Waals surface area contributed by atoms with Crippen LogP contribution in [0.5, 0.6) is 5.75 Å². The van der Waals surface area contributed by atoms with E-state index in [1.165, 1.54) is 11.8 Å². The van der Waals surface area contributed by atoms with Crippen molar-refractivity contribution < 1.29 is 18.7 Å². The Morgan fingerprint density at radius 3 is 2.37 bits per heavy atom. The molecule has 0 spiro atoms. The third kappa shape index (κ3) is 3.61. The summed E-state index contributed by atoms with van der Waals surface area (Å²) < 4.78 is 10.6. The second kappa shape index (κ2) is 8.31. The molecule has 2 aromatic carbocycles. The zero-order valence-corrected chi connectivity index (χ0v) is 16.8. The molecular weight excluding hydrogens is 400 g/mol. The van der Waals surface area contributed by atoms with Crippen molar-refractivity contribution in [1.29, 1.82) is 5.26 Å². The molecule has 6 nitrogen and oxygen atoms in total. The fraction of sp³-hybridized carbons (Fsp3) is 0.0870. The van der Waals surface area contributed by atoms with Gasteiger partial charge >= 0.3 is 0 Å². The molecule has 0 radical (unpaired) electrons. The van der Waals surface area contributed by atoms with Crippen LogP contribution < -0.4 is 9.64 Å². The molecule has 0 saturated carbocycles. The molecule has 0 bridgehead atoms. The Morgan fingerprint density at radius 1 is 1.03 bits per heavy atom. The summed E-state index contributed by atoms with van der Waals surface area (Å²) in [6.07, 6.45) is 1.57. The zero-order valence-electron chi connectivity index (χ0n) is 16.0. The third-order valence-electron chi connectivity index (χ3n) is 4.61. The highest BCUT2D eigenvalue weighted by Crippen LogP contribution is 2.40. The summed E-state index contributed by atoms with van der Waals surface area (Å²) in [4.78, 5) is 28.1. The van der Waals surface area contributed by atoms with Crippen molar-refractivity contribution in [3.05, 3.63) is 88.7 Å². The minimum Gasteiger partial charge on any atom is -0.497 e. The van der Waals surface area contributed by atoms with Gasteiger partial charge in [0.15, 0.2) is 0 Å². The normalized spacial score (nSPS) is 13.7. The summed E-state index contributed by atoms with van der Waals surface area (Å²) in [5.74, 6) is 0.981. The SMILES string of the molecule is COc1ccc(C2=C(SCc3ccco3)C(=O)N(c3ccc(C#N)cc3)C2=O)cc1. The van der Waals surface area contributed by atoms with Crippen LogP contribution in [-0.2, 0) is 15.3 Å². The van der Waals surface area contributed by atoms with Gasteiger partial charge in [-0.1, -0.05) is 12.1 Å². The van der Waals surface area contributed by atoms with Crippen molar-refractivity contribution >= 4 is 34.8 Å². The summed E-state index contributed by atoms with van der Waals surface area (Å²) >= 11 is 1.26. The summed E-state index contributed by atoms with van der Waals surface area (Å²) in [5, 5.41) is 9.01. The van der Waals surface area contributed by atoms with Crippen molar-refractivity contribution in [3.63, 3.8) is 0 Å². The van der Waals surface area contributed by atoms with E-state index in [0.717, 1.165) is 4.90 Å². The lowest BCUT2D eigenvalue weighted by Crippen LogP contribution is -2.31. The molecule has 0 unspecified atom stereocenters. The second-order valence-corrected chi connectivity index (χ2v) is 7.39. The Bertz CT molecular complexity index is 1160. The van der Waals surface area contributed by atoms with Gasteiger partial charge < -0.3 is 9.15 Å². The molecule has 30 heavy (non-hydrogen) atoms. The van der Waals surface area contributed by atoms with Crippen LogP contribution in [0, 0.1) is 11.3 Å². The van der Waals surface area contributed by atoms with Gasteiger partial charge in [-0.15, -0.1) is 11.8 Å². The van der Waals surface area contributed by atoms with E-state index in [1.54, 1.807) is 68.0 Å². The van der Waals surface area contributed by atoms with Crippen molar-refractivity contribution in [2.75, 3.05) is 12.0 Å². The van der Waals surface area contributed by atoms with E-state index >= 15 is 0 Å². The maximum absolute atomic E-state index is 13.3. The number of ether oxygens (including phenoxy) is 1. The molecule has 7 heteroatoms. The Balaban J connectivity index is 1.73. The Labute approximate surface area is 177 Å². The Morgan fingerprint density at radius 2 is 1.77 bits per heavy atom. The number of carbonyl (C=O) groups excluding carboxylic acids is 2. The fourth-order valence-electron chi connectivity index (χ4n) is 3.11. The number of thioether (sulfide) groups is 1. The summed E-state index contributed by atoms with van der Waals surface area (Å²) in [6.45, 7) is 0. The van der Waals surface area contributed by atoms with Crippen molar-refractivity contribution in [2.24, 2.45) is 0 Å². The first-order valence-corrected chi connectivity index (χ1v) is 10.0. The lowest BCUT2D eigenvalue weighted by atomic mass is 10.1. The number of benzene rings is 2. The zero-order chi connectivity index (χ0) is 21.1. The number of hydrogen-bond acceptors (Lipinski definition) is 6. The van der Waals surface area contributed by atoms with Crippen LogP contribution in [0.25, 0.3) is 5.57 Å². The molecule has 2 amide bonds. The van der Waals surface area contributed by atoms with Gasteiger partial charge in [0.25, 0.3) is 11.8 Å². The van der Waals surface area contributed by atoms with Gasteiger partial charge in [-0.3, -0.25) is 9.59 Å². The smallest absolute Gasteiger partial charge is 0.272 e. The van der Waals surface area contributed by atoms with Crippen LogP contribution in [0.15, 0.2) is 76.2 Å². The van der Waals surface area contributed by atoms with Crippen molar-refractivity contribution in [3.8, 4) is 11.8 Å². The fourth-order valence-corrected chi connectivity index (χ4v) is 4.13. The van der Waals surface area contributed by atoms with E-state index in [4.69, 9.17) is 14.4 Å². The molecular formula is C23H16N2O4S. The average molecular weight is 416 g/mol. The van der Waals surface area contributed by atoms with Crippen LogP contribution in [0.3, 0.4) is 0 Å². The molecule has 0 N–H and O–H groups in total. The lowest BCUT2D eigenvalue weighted by molar-refractivity contribution is -0.119. The monoisotopic (exact) mass is 416 g/mol. The molecule has 1 aliphatic heterocycles. The predicted molar refractivity (Wildman–Crippen MR) is 114 cm³/mol. The van der Waals surface area contributed by atoms with Gasteiger partial charge in [0, 0.05) is 0 Å². The highest BCUT2D eigenvalue weighted by Gasteiger charge is 2.40. The molecule has 0 saturated heterocycles. The molecule has 4 rings (SSSR count). The van der Waals surface area contributed by atoms with Crippen LogP contribution in [-0.4, -0.2) is 18.9 Å². The highest BCUT2D eigenvalue weighted by molar-refractivity contribution is 8.03. The van der Waals surface area contributed by atoms with Gasteiger partial charge in [-0.2, -0.15) is 5.26 Å². The quantitative estimate of drug-likeness (QED) is 0.555. The molecule has 1 aliphatic rings. The first-order chi connectivity index (χ1) is 14.6. The lowest BCUT2D eigenvalue weighted by Gasteiger charge is -2.15. The first-order valence-electron chi connectivity index (χ1n) is 9.05. The number of imide groups is 1. The number of carbonyl (C=O) groups is 2. The van der Waals surface area contributed by atoms with Gasteiger partial charge in [-0.05, 0) is 54.1 Å². The van der Waals surface area contributed by atoms with E-state index in [-0.39, 0.29) is 0 Å². The molecule has 2 heterocycles. The van der Waals surface area contributed by atoms with E-state index in [1.807, 2.05) is 12.1 Å². The number of methoxy groups -OCH3 is 1. The Kier molecular flexibility index (Phi) is 5.42. The van der Waals surface area contributed by atoms with E-state index < -0.39 is 11.8 Å². The van der Waals surface area contributed by atoms with E-state index in [2.05, 4.69) is 0 Å². The van der Waals surface area contributed by atoms with Gasteiger partial charge in [0.05, 0.1) is 46.9 Å². The van der Waals surface area contributed by atoms with Crippen molar-refractivity contribution in [2.45, 2.75) is 5.75 Å². The van der Waals surface area contributed by atoms with Crippen LogP contribution in [0.4, 0.5) is 5.69 Å². The van der Waals surface area contributed by atoms with Crippen LogP contribution >= 0.6 is 11.8 Å². The summed E-state index contributed by atoms with van der Waals surface area (Å²) in [7, 11) is 1.57. The molecule has 148 valence electrons. The van der Waals surface area contributed by atoms with E-state index in [9.17, 15) is 9.59 Å². The first kappa shape index (κ1) is 19.6. The standard InChI is InChI=1S/C23H16N2O4S/c1-28-18-10-6-16(7-11-18)20-21(30-14-19-3-2-12-29-19)23(27)25(22(20)26)17-8-4-15(13-24)5-9-17/h2-12H,14H2,1H3. The topological polar surface area (TPSA) is 83.5 Å². The number of nitrogens with zero attached hydrogens (tertiary/aromatic N) is 2. The third-order valence-corrected chi connectivity index (χ3v) is 5.71. The molecule has 0 aliphatic carbocycles. The molecule has 0 fully saturated rings. The number of rotatable bonds is 6. The van der Waals surface area contributed by atoms with Gasteiger partial charge in [0.2, 0.25) is 0 Å². The minimum atomic E-state index is -0.406. The largest absolute Gasteiger partial charge is 0.497 e. The average Bonchev–Trinajstić information content (AvgIpc) is 3.38. The van der Waals surface area contributed by atoms with Gasteiger partial charge in [0.1, 0.15) is 11.5 Å². The van der Waals surface area contributed by atoms with Gasteiger partial charge in [-0.25, -0.2) is 4.90 Å². The van der Waals surface area contributed by atoms with Crippen LogP contribution in [0.2, 0.25) is 0 Å². The number of amides is 2. The molecule has 3 aromatic rings. The number of anilines is 1. The number of furan rings is 1. The predicted octanol–water partition coefficient (Wildman–Crippen LogP) is 4.38. The number of hydrogen-bond donors (Lipinski definition) is 0. The maximum Gasteiger partial charge on any atom is 0.272 e. The Hall–Kier alpha value is -3.76. The maximum atomic E-state index is 13.3.